The third-order valence-electron chi connectivity index (χ3n) is 3.10. The first-order chi connectivity index (χ1) is 9.58. The van der Waals surface area contributed by atoms with E-state index in [9.17, 15) is 14.4 Å². The minimum Gasteiger partial charge on any atom is -0.350 e. The molecule has 0 spiro atoms. The van der Waals surface area contributed by atoms with E-state index in [1.54, 1.807) is 18.9 Å². The van der Waals surface area contributed by atoms with Gasteiger partial charge in [0.05, 0.1) is 12.6 Å². The smallest absolute Gasteiger partial charge is 0.321 e. The molecule has 0 radical (unpaired) electrons. The summed E-state index contributed by atoms with van der Waals surface area (Å²) >= 11 is 0. The van der Waals surface area contributed by atoms with E-state index in [0.717, 1.165) is 12.8 Å². The first-order valence-electron chi connectivity index (χ1n) is 7.21. The van der Waals surface area contributed by atoms with E-state index in [2.05, 4.69) is 16.0 Å². The molecule has 7 heteroatoms. The van der Waals surface area contributed by atoms with Crippen LogP contribution in [0.3, 0.4) is 0 Å². The molecule has 0 aliphatic heterocycles. The molecule has 0 saturated heterocycles. The van der Waals surface area contributed by atoms with Crippen molar-refractivity contribution in [3.8, 4) is 0 Å². The molecular weight excluding hydrogens is 272 g/mol. The Balaban J connectivity index is 2.37. The van der Waals surface area contributed by atoms with E-state index in [1.165, 1.54) is 0 Å². The minimum atomic E-state index is -0.569. The summed E-state index contributed by atoms with van der Waals surface area (Å²) in [4.78, 5) is 36.8. The van der Waals surface area contributed by atoms with Crippen molar-refractivity contribution in [2.45, 2.75) is 58.2 Å². The van der Waals surface area contributed by atoms with Crippen LogP contribution < -0.4 is 16.0 Å². The number of nitrogens with zero attached hydrogens (tertiary/aromatic N) is 1. The van der Waals surface area contributed by atoms with Gasteiger partial charge in [-0.1, -0.05) is 0 Å². The van der Waals surface area contributed by atoms with E-state index >= 15 is 0 Å². The van der Waals surface area contributed by atoms with Crippen molar-refractivity contribution in [1.82, 2.24) is 20.9 Å². The van der Waals surface area contributed by atoms with Crippen molar-refractivity contribution in [2.75, 3.05) is 13.6 Å². The molecule has 1 fully saturated rings. The van der Waals surface area contributed by atoms with E-state index in [4.69, 9.17) is 0 Å². The molecule has 3 N–H and O–H groups in total. The summed E-state index contributed by atoms with van der Waals surface area (Å²) in [7, 11) is 1.67. The molecule has 0 aromatic heterocycles. The third-order valence-corrected chi connectivity index (χ3v) is 3.10. The average molecular weight is 298 g/mol. The van der Waals surface area contributed by atoms with Gasteiger partial charge in [-0.15, -0.1) is 0 Å². The zero-order valence-corrected chi connectivity index (χ0v) is 13.4. The van der Waals surface area contributed by atoms with E-state index in [1.807, 2.05) is 20.8 Å². The van der Waals surface area contributed by atoms with Crippen molar-refractivity contribution in [2.24, 2.45) is 0 Å². The van der Waals surface area contributed by atoms with E-state index in [-0.39, 0.29) is 24.0 Å². The monoisotopic (exact) mass is 298 g/mol. The van der Waals surface area contributed by atoms with Gasteiger partial charge in [-0.05, 0) is 47.6 Å². The zero-order chi connectivity index (χ0) is 16.2. The Hall–Kier alpha value is -1.63. The van der Waals surface area contributed by atoms with Crippen LogP contribution in [-0.4, -0.2) is 54.0 Å². The topological polar surface area (TPSA) is 90.5 Å². The number of rotatable bonds is 5. The number of amides is 4. The Kier molecular flexibility index (Phi) is 5.71. The fourth-order valence-electron chi connectivity index (χ4n) is 1.69. The quantitative estimate of drug-likeness (QED) is 0.677. The van der Waals surface area contributed by atoms with Crippen LogP contribution in [0.25, 0.3) is 0 Å². The number of hydrogen-bond donors (Lipinski definition) is 3. The Labute approximate surface area is 125 Å². The molecule has 0 heterocycles. The van der Waals surface area contributed by atoms with Crippen molar-refractivity contribution in [3.05, 3.63) is 0 Å². The summed E-state index contributed by atoms with van der Waals surface area (Å²) in [5, 5.41) is 7.80. The average Bonchev–Trinajstić information content (AvgIpc) is 3.08. The lowest BCUT2D eigenvalue weighted by molar-refractivity contribution is -0.127. The third kappa shape index (κ3) is 7.08. The van der Waals surface area contributed by atoms with Crippen LogP contribution >= 0.6 is 0 Å². The number of carbonyl (C=O) groups excluding carboxylic acids is 3. The van der Waals surface area contributed by atoms with Gasteiger partial charge in [0.1, 0.15) is 0 Å². The van der Waals surface area contributed by atoms with Crippen LogP contribution in [0.2, 0.25) is 0 Å². The predicted octanol–water partition coefficient (Wildman–Crippen LogP) is 0.210. The lowest BCUT2D eigenvalue weighted by Crippen LogP contribution is -2.52. The number of likely N-dealkylation sites (N-methyl/N-ethyl adjacent to an activating group) is 1. The van der Waals surface area contributed by atoms with Crippen molar-refractivity contribution in [3.63, 3.8) is 0 Å². The van der Waals surface area contributed by atoms with Crippen LogP contribution in [-0.2, 0) is 9.59 Å². The standard InChI is InChI=1S/C14H26N4O3/c1-9(12(20)16-13(21)15-10-6-7-10)18(5)8-11(19)17-14(2,3)4/h9-10H,6-8H2,1-5H3,(H,17,19)(H2,15,16,20,21). The van der Waals surface area contributed by atoms with Gasteiger partial charge in [-0.2, -0.15) is 0 Å². The van der Waals surface area contributed by atoms with Crippen LogP contribution in [0, 0.1) is 0 Å². The summed E-state index contributed by atoms with van der Waals surface area (Å²) in [6.07, 6.45) is 1.92. The summed E-state index contributed by atoms with van der Waals surface area (Å²) in [6.45, 7) is 7.43. The number of urea groups is 1. The Bertz CT molecular complexity index is 413. The van der Waals surface area contributed by atoms with E-state index in [0.29, 0.717) is 0 Å². The second-order valence-electron chi connectivity index (χ2n) is 6.63. The van der Waals surface area contributed by atoms with Gasteiger partial charge < -0.3 is 10.6 Å². The Morgan fingerprint density at radius 3 is 2.29 bits per heavy atom. The molecule has 1 aliphatic carbocycles. The highest BCUT2D eigenvalue weighted by Crippen LogP contribution is 2.18. The molecule has 1 unspecified atom stereocenters. The van der Waals surface area contributed by atoms with E-state index < -0.39 is 18.0 Å². The lowest BCUT2D eigenvalue weighted by Gasteiger charge is -2.26. The molecule has 0 aromatic rings. The summed E-state index contributed by atoms with van der Waals surface area (Å²) in [6, 6.07) is -0.842. The maximum Gasteiger partial charge on any atom is 0.321 e. The predicted molar refractivity (Wildman–Crippen MR) is 79.7 cm³/mol. The first-order valence-corrected chi connectivity index (χ1v) is 7.21. The van der Waals surface area contributed by atoms with Crippen LogP contribution in [0.5, 0.6) is 0 Å². The number of imide groups is 1. The summed E-state index contributed by atoms with van der Waals surface area (Å²) in [5.74, 6) is -0.578. The zero-order valence-electron chi connectivity index (χ0n) is 13.4. The highest BCUT2D eigenvalue weighted by atomic mass is 16.2. The maximum atomic E-state index is 11.9. The summed E-state index contributed by atoms with van der Waals surface area (Å²) < 4.78 is 0. The molecular formula is C14H26N4O3. The number of hydrogen-bond acceptors (Lipinski definition) is 4. The van der Waals surface area contributed by atoms with Crippen LogP contribution in [0.15, 0.2) is 0 Å². The van der Waals surface area contributed by atoms with Crippen molar-refractivity contribution >= 4 is 17.8 Å². The van der Waals surface area contributed by atoms with Gasteiger partial charge in [-0.3, -0.25) is 19.8 Å². The molecule has 21 heavy (non-hydrogen) atoms. The first kappa shape index (κ1) is 17.4. The van der Waals surface area contributed by atoms with Gasteiger partial charge in [0.25, 0.3) is 0 Å². The Morgan fingerprint density at radius 2 is 1.81 bits per heavy atom. The van der Waals surface area contributed by atoms with Gasteiger partial charge >= 0.3 is 6.03 Å². The molecule has 4 amide bonds. The summed E-state index contributed by atoms with van der Waals surface area (Å²) in [5.41, 5.74) is -0.312. The van der Waals surface area contributed by atoms with Crippen molar-refractivity contribution in [1.29, 1.82) is 0 Å². The molecule has 1 aliphatic rings. The highest BCUT2D eigenvalue weighted by molar-refractivity contribution is 5.97. The lowest BCUT2D eigenvalue weighted by atomic mass is 10.1. The van der Waals surface area contributed by atoms with Crippen LogP contribution in [0.4, 0.5) is 4.79 Å². The molecule has 7 nitrogen and oxygen atoms in total. The second-order valence-corrected chi connectivity index (χ2v) is 6.63. The highest BCUT2D eigenvalue weighted by Gasteiger charge is 2.26. The largest absolute Gasteiger partial charge is 0.350 e. The van der Waals surface area contributed by atoms with Crippen LogP contribution in [0.1, 0.15) is 40.5 Å². The van der Waals surface area contributed by atoms with Gasteiger partial charge in [-0.25, -0.2) is 4.79 Å². The molecule has 1 rings (SSSR count). The number of carbonyl (C=O) groups is 3. The van der Waals surface area contributed by atoms with Gasteiger partial charge in [0.2, 0.25) is 11.8 Å². The maximum absolute atomic E-state index is 11.9. The van der Waals surface area contributed by atoms with Gasteiger partial charge in [0, 0.05) is 11.6 Å². The molecule has 0 bridgehead atoms. The molecule has 120 valence electrons. The molecule has 1 saturated carbocycles. The fourth-order valence-corrected chi connectivity index (χ4v) is 1.69. The fraction of sp³-hybridized carbons (Fsp3) is 0.786. The SMILES string of the molecule is CC(C(=O)NC(=O)NC1CC1)N(C)CC(=O)NC(C)(C)C. The molecule has 0 aromatic carbocycles. The van der Waals surface area contributed by atoms with Crippen molar-refractivity contribution < 1.29 is 14.4 Å². The number of nitrogens with one attached hydrogen (secondary N) is 3. The normalized spacial score (nSPS) is 16.3. The minimum absolute atomic E-state index is 0.0934. The second kappa shape index (κ2) is 6.89. The van der Waals surface area contributed by atoms with Gasteiger partial charge in [0.15, 0.2) is 0 Å². The molecule has 1 atom stereocenters. The Morgan fingerprint density at radius 1 is 1.24 bits per heavy atom.